The molecular formula is C10H20N2O2S. The third-order valence-corrected chi connectivity index (χ3v) is 3.37. The summed E-state index contributed by atoms with van der Waals surface area (Å²) in [6.45, 7) is 9.04. The van der Waals surface area contributed by atoms with Crippen LogP contribution in [0.2, 0.25) is 0 Å². The largest absolute Gasteiger partial charge is 0.212 e. The molecule has 0 aromatic rings. The lowest BCUT2D eigenvalue weighted by molar-refractivity contribution is 0.395. The van der Waals surface area contributed by atoms with Crippen LogP contribution in [-0.2, 0) is 10.0 Å². The van der Waals surface area contributed by atoms with Crippen LogP contribution in [0.15, 0.2) is 0 Å². The smallest absolute Gasteiger partial charge is 0.212 e. The molecule has 0 aliphatic carbocycles. The first-order valence-electron chi connectivity index (χ1n) is 4.90. The summed E-state index contributed by atoms with van der Waals surface area (Å²) in [6, 6.07) is 1.90. The molecule has 0 amide bonds. The maximum absolute atomic E-state index is 11.6. The summed E-state index contributed by atoms with van der Waals surface area (Å²) >= 11 is 0. The van der Waals surface area contributed by atoms with Crippen LogP contribution in [-0.4, -0.2) is 19.7 Å². The molecule has 88 valence electrons. The van der Waals surface area contributed by atoms with Gasteiger partial charge in [-0.1, -0.05) is 20.8 Å². The zero-order chi connectivity index (χ0) is 12.3. The fourth-order valence-electron chi connectivity index (χ4n) is 0.903. The van der Waals surface area contributed by atoms with Gasteiger partial charge < -0.3 is 0 Å². The van der Waals surface area contributed by atoms with Crippen LogP contribution < -0.4 is 4.72 Å². The van der Waals surface area contributed by atoms with Gasteiger partial charge in [0.2, 0.25) is 10.0 Å². The molecule has 0 aromatic carbocycles. The number of nitrogens with zero attached hydrogens (tertiary/aromatic N) is 1. The highest BCUT2D eigenvalue weighted by Crippen LogP contribution is 2.19. The van der Waals surface area contributed by atoms with E-state index in [0.29, 0.717) is 6.42 Å². The summed E-state index contributed by atoms with van der Waals surface area (Å²) in [4.78, 5) is 0. The van der Waals surface area contributed by atoms with E-state index in [4.69, 9.17) is 5.26 Å². The lowest BCUT2D eigenvalue weighted by Gasteiger charge is -2.21. The Kier molecular flexibility index (Phi) is 4.32. The molecule has 0 heterocycles. The van der Waals surface area contributed by atoms with E-state index in [2.05, 4.69) is 4.72 Å². The quantitative estimate of drug-likeness (QED) is 0.801. The molecule has 0 aliphatic heterocycles. The van der Waals surface area contributed by atoms with Crippen molar-refractivity contribution in [1.29, 1.82) is 5.26 Å². The first-order valence-corrected chi connectivity index (χ1v) is 6.56. The molecule has 0 rings (SSSR count). The molecule has 0 saturated carbocycles. The summed E-state index contributed by atoms with van der Waals surface area (Å²) in [5.74, 6) is 0.0572. The van der Waals surface area contributed by atoms with Crippen molar-refractivity contribution in [3.05, 3.63) is 0 Å². The summed E-state index contributed by atoms with van der Waals surface area (Å²) in [6.07, 6.45) is 0.573. The van der Waals surface area contributed by atoms with Gasteiger partial charge in [-0.15, -0.1) is 0 Å². The number of nitrogens with one attached hydrogen (secondary N) is 1. The van der Waals surface area contributed by atoms with Gasteiger partial charge in [0, 0.05) is 0 Å². The monoisotopic (exact) mass is 232 g/mol. The zero-order valence-electron chi connectivity index (χ0n) is 10.1. The van der Waals surface area contributed by atoms with Gasteiger partial charge in [0.25, 0.3) is 0 Å². The highest BCUT2D eigenvalue weighted by atomic mass is 32.2. The summed E-state index contributed by atoms with van der Waals surface area (Å²) in [5.41, 5.74) is -1.05. The van der Waals surface area contributed by atoms with Crippen molar-refractivity contribution >= 4 is 10.0 Å². The van der Waals surface area contributed by atoms with Crippen LogP contribution in [0.5, 0.6) is 0 Å². The SMILES string of the molecule is CC(C)(C)CCS(=O)(=O)NC(C)(C)C#N. The van der Waals surface area contributed by atoms with Crippen molar-refractivity contribution in [3.8, 4) is 6.07 Å². The van der Waals surface area contributed by atoms with Gasteiger partial charge in [0.1, 0.15) is 5.54 Å². The Bertz CT molecular complexity index is 345. The predicted molar refractivity (Wildman–Crippen MR) is 60.7 cm³/mol. The minimum atomic E-state index is -3.36. The number of nitriles is 1. The van der Waals surface area contributed by atoms with Crippen molar-refractivity contribution < 1.29 is 8.42 Å². The summed E-state index contributed by atoms with van der Waals surface area (Å²) in [7, 11) is -3.36. The van der Waals surface area contributed by atoms with E-state index in [1.165, 1.54) is 0 Å². The van der Waals surface area contributed by atoms with Crippen LogP contribution >= 0.6 is 0 Å². The van der Waals surface area contributed by atoms with Crippen LogP contribution in [0.3, 0.4) is 0 Å². The van der Waals surface area contributed by atoms with E-state index in [9.17, 15) is 8.42 Å². The molecule has 0 aromatic heterocycles. The third-order valence-electron chi connectivity index (χ3n) is 1.81. The second kappa shape index (κ2) is 4.50. The predicted octanol–water partition coefficient (Wildman–Crippen LogP) is 1.64. The van der Waals surface area contributed by atoms with Gasteiger partial charge in [0.15, 0.2) is 0 Å². The first kappa shape index (κ1) is 14.4. The van der Waals surface area contributed by atoms with Crippen molar-refractivity contribution in [2.24, 2.45) is 5.41 Å². The zero-order valence-corrected chi connectivity index (χ0v) is 10.9. The van der Waals surface area contributed by atoms with Crippen molar-refractivity contribution in [3.63, 3.8) is 0 Å². The Morgan fingerprint density at radius 3 is 2.00 bits per heavy atom. The molecule has 1 N–H and O–H groups in total. The van der Waals surface area contributed by atoms with E-state index >= 15 is 0 Å². The standard InChI is InChI=1S/C10H20N2O2S/c1-9(2,3)6-7-15(13,14)12-10(4,5)8-11/h12H,6-7H2,1-5H3. The van der Waals surface area contributed by atoms with Gasteiger partial charge in [-0.05, 0) is 25.7 Å². The maximum atomic E-state index is 11.6. The van der Waals surface area contributed by atoms with Gasteiger partial charge in [-0.25, -0.2) is 8.42 Å². The Balaban J connectivity index is 4.42. The van der Waals surface area contributed by atoms with Gasteiger partial charge >= 0.3 is 0 Å². The Labute approximate surface area is 92.7 Å². The second-order valence-electron chi connectivity index (χ2n) is 5.47. The molecule has 0 spiro atoms. The lowest BCUT2D eigenvalue weighted by Crippen LogP contribution is -2.43. The maximum Gasteiger partial charge on any atom is 0.212 e. The van der Waals surface area contributed by atoms with Gasteiger partial charge in [0.05, 0.1) is 11.8 Å². The van der Waals surface area contributed by atoms with E-state index in [0.717, 1.165) is 0 Å². The fourth-order valence-corrected chi connectivity index (χ4v) is 2.71. The van der Waals surface area contributed by atoms with Crippen LogP contribution in [0.1, 0.15) is 41.0 Å². The average Bonchev–Trinajstić information content (AvgIpc) is 1.98. The van der Waals surface area contributed by atoms with Crippen molar-refractivity contribution in [2.45, 2.75) is 46.6 Å². The number of hydrogen-bond donors (Lipinski definition) is 1. The Morgan fingerprint density at radius 1 is 1.20 bits per heavy atom. The molecule has 0 saturated heterocycles. The van der Waals surface area contributed by atoms with E-state index in [1.54, 1.807) is 13.8 Å². The molecule has 0 aliphatic rings. The molecule has 0 radical (unpaired) electrons. The highest BCUT2D eigenvalue weighted by Gasteiger charge is 2.25. The van der Waals surface area contributed by atoms with Crippen LogP contribution in [0.25, 0.3) is 0 Å². The third kappa shape index (κ3) is 7.34. The minimum Gasteiger partial charge on any atom is -0.212 e. The Morgan fingerprint density at radius 2 is 1.67 bits per heavy atom. The van der Waals surface area contributed by atoms with Crippen molar-refractivity contribution in [1.82, 2.24) is 4.72 Å². The molecule has 4 nitrogen and oxygen atoms in total. The van der Waals surface area contributed by atoms with E-state index < -0.39 is 15.6 Å². The normalized spacial score (nSPS) is 13.6. The average molecular weight is 232 g/mol. The van der Waals surface area contributed by atoms with Crippen molar-refractivity contribution in [2.75, 3.05) is 5.75 Å². The number of sulfonamides is 1. The molecule has 15 heavy (non-hydrogen) atoms. The van der Waals surface area contributed by atoms with Gasteiger partial charge in [-0.2, -0.15) is 9.98 Å². The summed E-state index contributed by atoms with van der Waals surface area (Å²) < 4.78 is 25.5. The molecule has 0 bridgehead atoms. The van der Waals surface area contributed by atoms with Crippen LogP contribution in [0, 0.1) is 16.7 Å². The fraction of sp³-hybridized carbons (Fsp3) is 0.900. The lowest BCUT2D eigenvalue weighted by atomic mass is 9.94. The van der Waals surface area contributed by atoms with E-state index in [-0.39, 0.29) is 11.2 Å². The second-order valence-corrected chi connectivity index (χ2v) is 7.31. The number of rotatable bonds is 4. The Hall–Kier alpha value is -0.600. The molecular weight excluding hydrogens is 212 g/mol. The van der Waals surface area contributed by atoms with Crippen LogP contribution in [0.4, 0.5) is 0 Å². The minimum absolute atomic E-state index is 0.0223. The first-order chi connectivity index (χ1) is 6.47. The molecule has 0 fully saturated rings. The molecule has 0 unspecified atom stereocenters. The van der Waals surface area contributed by atoms with E-state index in [1.807, 2.05) is 26.8 Å². The topological polar surface area (TPSA) is 70.0 Å². The number of hydrogen-bond acceptors (Lipinski definition) is 3. The molecule has 0 atom stereocenters. The molecule has 5 heteroatoms. The highest BCUT2D eigenvalue weighted by molar-refractivity contribution is 7.89. The van der Waals surface area contributed by atoms with Gasteiger partial charge in [-0.3, -0.25) is 0 Å². The summed E-state index contributed by atoms with van der Waals surface area (Å²) in [5, 5.41) is 8.71.